The van der Waals surface area contributed by atoms with Crippen LogP contribution in [0, 0.1) is 17.8 Å². The Morgan fingerprint density at radius 3 is 2.24 bits per heavy atom. The highest BCUT2D eigenvalue weighted by Gasteiger charge is 2.44. The standard InChI is InChI=1S/C12H20N2O3/c1-6-7-8-13-10(17)14-12(4,5)11(2,3)9(15)16/h1H,7-8H2,2-5H3,(H,15,16)(H2,13,14,17). The Kier molecular flexibility index (Phi) is 5.02. The van der Waals surface area contributed by atoms with Crippen molar-refractivity contribution >= 4 is 12.0 Å². The molecule has 0 rings (SSSR count). The molecule has 0 unspecified atom stereocenters. The van der Waals surface area contributed by atoms with E-state index in [0.717, 1.165) is 0 Å². The van der Waals surface area contributed by atoms with Crippen LogP contribution in [0.5, 0.6) is 0 Å². The number of urea groups is 1. The molecule has 0 atom stereocenters. The number of hydrogen-bond acceptors (Lipinski definition) is 2. The third-order valence-corrected chi connectivity index (χ3v) is 3.08. The molecule has 0 spiro atoms. The maximum atomic E-state index is 11.5. The largest absolute Gasteiger partial charge is 0.481 e. The van der Waals surface area contributed by atoms with Crippen LogP contribution in [-0.4, -0.2) is 29.2 Å². The first-order chi connectivity index (χ1) is 7.65. The SMILES string of the molecule is C#CCCNC(=O)NC(C)(C)C(C)(C)C(=O)O. The van der Waals surface area contributed by atoms with Gasteiger partial charge in [-0.25, -0.2) is 4.79 Å². The molecule has 0 aromatic rings. The van der Waals surface area contributed by atoms with Crippen LogP contribution in [0.15, 0.2) is 0 Å². The number of carbonyl (C=O) groups excluding carboxylic acids is 1. The van der Waals surface area contributed by atoms with E-state index < -0.39 is 23.0 Å². The Morgan fingerprint density at radius 2 is 1.82 bits per heavy atom. The number of carboxylic acids is 1. The Morgan fingerprint density at radius 1 is 1.29 bits per heavy atom. The molecular weight excluding hydrogens is 220 g/mol. The maximum Gasteiger partial charge on any atom is 0.315 e. The van der Waals surface area contributed by atoms with Crippen LogP contribution in [0.3, 0.4) is 0 Å². The molecule has 0 heterocycles. The van der Waals surface area contributed by atoms with Gasteiger partial charge < -0.3 is 15.7 Å². The van der Waals surface area contributed by atoms with E-state index >= 15 is 0 Å². The summed E-state index contributed by atoms with van der Waals surface area (Å²) < 4.78 is 0. The molecule has 17 heavy (non-hydrogen) atoms. The molecule has 96 valence electrons. The van der Waals surface area contributed by atoms with Gasteiger partial charge in [0.1, 0.15) is 0 Å². The molecule has 0 saturated carbocycles. The van der Waals surface area contributed by atoms with Gasteiger partial charge in [0, 0.05) is 13.0 Å². The van der Waals surface area contributed by atoms with Gasteiger partial charge in [-0.1, -0.05) is 0 Å². The lowest BCUT2D eigenvalue weighted by Crippen LogP contribution is -2.59. The number of carboxylic acid groups (broad SMARTS) is 1. The lowest BCUT2D eigenvalue weighted by molar-refractivity contribution is -0.150. The quantitative estimate of drug-likeness (QED) is 0.499. The summed E-state index contributed by atoms with van der Waals surface area (Å²) in [6.07, 6.45) is 5.49. The van der Waals surface area contributed by atoms with Crippen LogP contribution in [0.4, 0.5) is 4.79 Å². The van der Waals surface area contributed by atoms with Crippen molar-refractivity contribution in [3.63, 3.8) is 0 Å². The van der Waals surface area contributed by atoms with Gasteiger partial charge in [-0.3, -0.25) is 4.79 Å². The Balaban J connectivity index is 4.50. The number of nitrogens with one attached hydrogen (secondary N) is 2. The molecule has 0 saturated heterocycles. The third kappa shape index (κ3) is 3.99. The second-order valence-electron chi connectivity index (χ2n) is 4.89. The molecule has 0 fully saturated rings. The normalized spacial score (nSPS) is 11.5. The van der Waals surface area contributed by atoms with Crippen LogP contribution in [0.1, 0.15) is 34.1 Å². The van der Waals surface area contributed by atoms with E-state index in [-0.39, 0.29) is 0 Å². The lowest BCUT2D eigenvalue weighted by atomic mass is 9.74. The smallest absolute Gasteiger partial charge is 0.315 e. The van der Waals surface area contributed by atoms with E-state index in [1.165, 1.54) is 0 Å². The Hall–Kier alpha value is -1.70. The average molecular weight is 240 g/mol. The summed E-state index contributed by atoms with van der Waals surface area (Å²) in [5.41, 5.74) is -1.95. The molecule has 3 N–H and O–H groups in total. The molecule has 0 aromatic heterocycles. The highest BCUT2D eigenvalue weighted by atomic mass is 16.4. The van der Waals surface area contributed by atoms with E-state index in [1.807, 2.05) is 0 Å². The van der Waals surface area contributed by atoms with Crippen LogP contribution in [-0.2, 0) is 4.79 Å². The number of aliphatic carboxylic acids is 1. The second kappa shape index (κ2) is 5.58. The summed E-state index contributed by atoms with van der Waals surface area (Å²) in [7, 11) is 0. The van der Waals surface area contributed by atoms with Crippen molar-refractivity contribution in [1.82, 2.24) is 10.6 Å². The number of rotatable bonds is 5. The molecule has 0 aliphatic carbocycles. The lowest BCUT2D eigenvalue weighted by Gasteiger charge is -2.38. The van der Waals surface area contributed by atoms with Crippen LogP contribution in [0.2, 0.25) is 0 Å². The number of hydrogen-bond donors (Lipinski definition) is 3. The van der Waals surface area contributed by atoms with Gasteiger partial charge in [-0.15, -0.1) is 12.3 Å². The third-order valence-electron chi connectivity index (χ3n) is 3.08. The molecule has 0 bridgehead atoms. The van der Waals surface area contributed by atoms with Gasteiger partial charge >= 0.3 is 12.0 Å². The molecule has 5 heteroatoms. The fourth-order valence-electron chi connectivity index (χ4n) is 1.000. The fourth-order valence-corrected chi connectivity index (χ4v) is 1.000. The minimum atomic E-state index is -1.07. The molecule has 0 aromatic carbocycles. The van der Waals surface area contributed by atoms with E-state index in [4.69, 9.17) is 11.5 Å². The van der Waals surface area contributed by atoms with E-state index in [0.29, 0.717) is 13.0 Å². The minimum Gasteiger partial charge on any atom is -0.481 e. The minimum absolute atomic E-state index is 0.367. The van der Waals surface area contributed by atoms with Crippen molar-refractivity contribution in [2.45, 2.75) is 39.7 Å². The summed E-state index contributed by atoms with van der Waals surface area (Å²) in [6.45, 7) is 6.84. The van der Waals surface area contributed by atoms with Crippen LogP contribution < -0.4 is 10.6 Å². The van der Waals surface area contributed by atoms with E-state index in [2.05, 4.69) is 16.6 Å². The summed E-state index contributed by atoms with van der Waals surface area (Å²) in [6, 6.07) is -0.417. The van der Waals surface area contributed by atoms with Crippen LogP contribution in [0.25, 0.3) is 0 Å². The molecule has 0 radical (unpaired) electrons. The molecule has 5 nitrogen and oxygen atoms in total. The van der Waals surface area contributed by atoms with Gasteiger partial charge in [0.2, 0.25) is 0 Å². The zero-order valence-corrected chi connectivity index (χ0v) is 10.8. The average Bonchev–Trinajstić information content (AvgIpc) is 2.16. The van der Waals surface area contributed by atoms with Crippen LogP contribution >= 0.6 is 0 Å². The van der Waals surface area contributed by atoms with Gasteiger partial charge in [0.25, 0.3) is 0 Å². The monoisotopic (exact) mass is 240 g/mol. The zero-order valence-electron chi connectivity index (χ0n) is 10.8. The summed E-state index contributed by atoms with van der Waals surface area (Å²) in [5, 5.41) is 14.3. The zero-order chi connectivity index (χ0) is 13.7. The van der Waals surface area contributed by atoms with Crippen molar-refractivity contribution in [2.75, 3.05) is 6.54 Å². The Bertz CT molecular complexity index is 340. The summed E-state index contributed by atoms with van der Waals surface area (Å²) in [5.74, 6) is 1.43. The molecule has 0 aliphatic rings. The first kappa shape index (κ1) is 15.3. The van der Waals surface area contributed by atoms with Gasteiger partial charge in [0.05, 0.1) is 11.0 Å². The predicted octanol–water partition coefficient (Wildman–Crippen LogP) is 1.20. The van der Waals surface area contributed by atoms with Crippen molar-refractivity contribution in [3.8, 4) is 12.3 Å². The molecule has 2 amide bonds. The molecular formula is C12H20N2O3. The maximum absolute atomic E-state index is 11.5. The van der Waals surface area contributed by atoms with Crippen molar-refractivity contribution in [3.05, 3.63) is 0 Å². The number of carbonyl (C=O) groups is 2. The van der Waals surface area contributed by atoms with Crippen molar-refractivity contribution < 1.29 is 14.7 Å². The van der Waals surface area contributed by atoms with E-state index in [9.17, 15) is 9.59 Å². The van der Waals surface area contributed by atoms with Gasteiger partial charge in [0.15, 0.2) is 0 Å². The summed E-state index contributed by atoms with van der Waals surface area (Å²) in [4.78, 5) is 22.6. The number of terminal acetylenes is 1. The molecule has 0 aliphatic heterocycles. The predicted molar refractivity (Wildman–Crippen MR) is 65.5 cm³/mol. The second-order valence-corrected chi connectivity index (χ2v) is 4.89. The first-order valence-corrected chi connectivity index (χ1v) is 5.38. The van der Waals surface area contributed by atoms with Crippen molar-refractivity contribution in [1.29, 1.82) is 0 Å². The fraction of sp³-hybridized carbons (Fsp3) is 0.667. The Labute approximate surface area is 102 Å². The van der Waals surface area contributed by atoms with Gasteiger partial charge in [-0.05, 0) is 27.7 Å². The van der Waals surface area contributed by atoms with Gasteiger partial charge in [-0.2, -0.15) is 0 Å². The highest BCUT2D eigenvalue weighted by molar-refractivity contribution is 5.79. The highest BCUT2D eigenvalue weighted by Crippen LogP contribution is 2.30. The number of amides is 2. The first-order valence-electron chi connectivity index (χ1n) is 5.38. The summed E-state index contributed by atoms with van der Waals surface area (Å²) >= 11 is 0. The van der Waals surface area contributed by atoms with Crippen molar-refractivity contribution in [2.24, 2.45) is 5.41 Å². The van der Waals surface area contributed by atoms with E-state index in [1.54, 1.807) is 27.7 Å². The topological polar surface area (TPSA) is 78.4 Å².